The first-order chi connectivity index (χ1) is 13.0. The highest BCUT2D eigenvalue weighted by Gasteiger charge is 2.30. The van der Waals surface area contributed by atoms with Gasteiger partial charge in [-0.05, 0) is 48.0 Å². The summed E-state index contributed by atoms with van der Waals surface area (Å²) in [5.74, 6) is -0.337. The van der Waals surface area contributed by atoms with Crippen LogP contribution in [-0.4, -0.2) is 25.9 Å². The molecule has 1 atom stereocenters. The van der Waals surface area contributed by atoms with Crippen LogP contribution < -0.4 is 5.32 Å². The van der Waals surface area contributed by atoms with Crippen LogP contribution in [0.4, 0.5) is 0 Å². The maximum Gasteiger partial charge on any atom is 0.251 e. The van der Waals surface area contributed by atoms with Gasteiger partial charge in [0, 0.05) is 29.5 Å². The molecule has 27 heavy (non-hydrogen) atoms. The number of carbonyl (C=O) groups is 1. The van der Waals surface area contributed by atoms with E-state index in [1.807, 2.05) is 0 Å². The Hall–Kier alpha value is -2.70. The molecule has 7 heteroatoms. The van der Waals surface area contributed by atoms with Crippen molar-refractivity contribution >= 4 is 27.3 Å². The zero-order chi connectivity index (χ0) is 19.3. The van der Waals surface area contributed by atoms with Crippen molar-refractivity contribution in [3.63, 3.8) is 0 Å². The second-order valence-electron chi connectivity index (χ2n) is 5.85. The highest BCUT2D eigenvalue weighted by molar-refractivity contribution is 7.91. The number of nitrogens with one attached hydrogen (secondary N) is 1. The molecule has 1 heterocycles. The van der Waals surface area contributed by atoms with E-state index in [1.54, 1.807) is 48.7 Å². The van der Waals surface area contributed by atoms with E-state index in [0.29, 0.717) is 16.1 Å². The number of benzene rings is 2. The first-order valence-corrected chi connectivity index (χ1v) is 10.1. The third-order valence-corrected chi connectivity index (χ3v) is 6.43. The number of hydrogen-bond acceptors (Lipinski definition) is 4. The third-order valence-electron chi connectivity index (χ3n) is 4.06. The number of carbonyl (C=O) groups excluding carboxylic acids is 1. The molecule has 1 amide bonds. The number of pyridine rings is 1. The smallest absolute Gasteiger partial charge is 0.251 e. The maximum atomic E-state index is 13.2. The van der Waals surface area contributed by atoms with E-state index >= 15 is 0 Å². The fourth-order valence-electron chi connectivity index (χ4n) is 2.64. The van der Waals surface area contributed by atoms with Gasteiger partial charge in [0.2, 0.25) is 0 Å². The molecule has 0 aliphatic heterocycles. The zero-order valence-electron chi connectivity index (χ0n) is 14.2. The summed E-state index contributed by atoms with van der Waals surface area (Å²) in [5.41, 5.74) is 0.965. The molecule has 5 nitrogen and oxygen atoms in total. The molecule has 0 radical (unpaired) electrons. The van der Waals surface area contributed by atoms with Gasteiger partial charge >= 0.3 is 0 Å². The van der Waals surface area contributed by atoms with Crippen LogP contribution in [0.25, 0.3) is 0 Å². The summed E-state index contributed by atoms with van der Waals surface area (Å²) in [4.78, 5) is 16.5. The molecular weight excluding hydrogens is 384 g/mol. The molecule has 0 bridgehead atoms. The number of hydrogen-bond donors (Lipinski definition) is 1. The van der Waals surface area contributed by atoms with Crippen molar-refractivity contribution in [1.82, 2.24) is 10.3 Å². The number of rotatable bonds is 6. The van der Waals surface area contributed by atoms with E-state index in [-0.39, 0.29) is 17.3 Å². The average Bonchev–Trinajstić information content (AvgIpc) is 2.69. The van der Waals surface area contributed by atoms with Gasteiger partial charge in [0.05, 0.1) is 4.90 Å². The summed E-state index contributed by atoms with van der Waals surface area (Å²) in [6.45, 7) is -0.0790. The zero-order valence-corrected chi connectivity index (χ0v) is 15.8. The maximum absolute atomic E-state index is 13.2. The lowest BCUT2D eigenvalue weighted by atomic mass is 10.2. The van der Waals surface area contributed by atoms with Crippen molar-refractivity contribution in [3.8, 4) is 0 Å². The summed E-state index contributed by atoms with van der Waals surface area (Å²) in [5, 5.41) is 2.19. The first kappa shape index (κ1) is 19.1. The molecule has 3 rings (SSSR count). The molecule has 0 aliphatic rings. The van der Waals surface area contributed by atoms with Crippen LogP contribution in [0.15, 0.2) is 84.0 Å². The van der Waals surface area contributed by atoms with Crippen LogP contribution in [-0.2, 0) is 9.84 Å². The Morgan fingerprint density at radius 1 is 1.00 bits per heavy atom. The van der Waals surface area contributed by atoms with Crippen molar-refractivity contribution in [2.45, 2.75) is 10.1 Å². The molecule has 1 N–H and O–H groups in total. The van der Waals surface area contributed by atoms with Gasteiger partial charge in [0.25, 0.3) is 5.91 Å². The molecule has 0 aliphatic carbocycles. The first-order valence-electron chi connectivity index (χ1n) is 8.21. The molecule has 0 fully saturated rings. The SMILES string of the molecule is O=C(NCC(c1cccnc1)S(=O)(=O)c1ccc(Cl)cc1)c1ccccc1. The monoisotopic (exact) mass is 400 g/mol. The van der Waals surface area contributed by atoms with Gasteiger partial charge in [-0.1, -0.05) is 35.9 Å². The van der Waals surface area contributed by atoms with Crippen molar-refractivity contribution in [2.75, 3.05) is 6.54 Å². The minimum absolute atomic E-state index is 0.0790. The van der Waals surface area contributed by atoms with E-state index in [2.05, 4.69) is 10.3 Å². The Labute approximate surface area is 163 Å². The van der Waals surface area contributed by atoms with Gasteiger partial charge in [-0.15, -0.1) is 0 Å². The fourth-order valence-corrected chi connectivity index (χ4v) is 4.41. The molecule has 0 saturated carbocycles. The van der Waals surface area contributed by atoms with Crippen LogP contribution in [0.3, 0.4) is 0 Å². The number of amides is 1. The second-order valence-corrected chi connectivity index (χ2v) is 8.42. The topological polar surface area (TPSA) is 76.1 Å². The van der Waals surface area contributed by atoms with E-state index < -0.39 is 15.1 Å². The lowest BCUT2D eigenvalue weighted by molar-refractivity contribution is 0.0953. The van der Waals surface area contributed by atoms with Gasteiger partial charge < -0.3 is 5.32 Å². The van der Waals surface area contributed by atoms with Crippen molar-refractivity contribution in [3.05, 3.63) is 95.3 Å². The van der Waals surface area contributed by atoms with E-state index in [4.69, 9.17) is 11.6 Å². The Morgan fingerprint density at radius 3 is 2.33 bits per heavy atom. The van der Waals surface area contributed by atoms with Crippen molar-refractivity contribution in [1.29, 1.82) is 0 Å². The third kappa shape index (κ3) is 4.53. The Kier molecular flexibility index (Phi) is 5.88. The Morgan fingerprint density at radius 2 is 1.70 bits per heavy atom. The normalized spacial score (nSPS) is 12.3. The van der Waals surface area contributed by atoms with Gasteiger partial charge in [-0.3, -0.25) is 9.78 Å². The summed E-state index contributed by atoms with van der Waals surface area (Å²) in [7, 11) is -3.76. The molecule has 2 aromatic carbocycles. The summed E-state index contributed by atoms with van der Waals surface area (Å²) < 4.78 is 26.3. The number of aromatic nitrogens is 1. The number of sulfone groups is 1. The highest BCUT2D eigenvalue weighted by atomic mass is 35.5. The van der Waals surface area contributed by atoms with Crippen LogP contribution >= 0.6 is 11.6 Å². The largest absolute Gasteiger partial charge is 0.350 e. The van der Waals surface area contributed by atoms with Gasteiger partial charge in [-0.2, -0.15) is 0 Å². The molecule has 1 unspecified atom stereocenters. The Balaban J connectivity index is 1.90. The molecule has 0 spiro atoms. The van der Waals surface area contributed by atoms with Crippen molar-refractivity contribution in [2.24, 2.45) is 0 Å². The summed E-state index contributed by atoms with van der Waals surface area (Å²) in [6, 6.07) is 18.0. The summed E-state index contributed by atoms with van der Waals surface area (Å²) >= 11 is 5.87. The number of halogens is 1. The second kappa shape index (κ2) is 8.33. The van der Waals surface area contributed by atoms with E-state index in [1.165, 1.54) is 30.5 Å². The lowest BCUT2D eigenvalue weighted by Crippen LogP contribution is -2.32. The van der Waals surface area contributed by atoms with Crippen LogP contribution in [0.5, 0.6) is 0 Å². The van der Waals surface area contributed by atoms with Gasteiger partial charge in [0.1, 0.15) is 5.25 Å². The van der Waals surface area contributed by atoms with E-state index in [0.717, 1.165) is 0 Å². The minimum atomic E-state index is -3.76. The molecule has 138 valence electrons. The highest BCUT2D eigenvalue weighted by Crippen LogP contribution is 2.29. The van der Waals surface area contributed by atoms with Gasteiger partial charge in [0.15, 0.2) is 9.84 Å². The van der Waals surface area contributed by atoms with Gasteiger partial charge in [-0.25, -0.2) is 8.42 Å². The lowest BCUT2D eigenvalue weighted by Gasteiger charge is -2.19. The minimum Gasteiger partial charge on any atom is -0.350 e. The fraction of sp³-hybridized carbons (Fsp3) is 0.100. The quantitative estimate of drug-likeness (QED) is 0.684. The summed E-state index contributed by atoms with van der Waals surface area (Å²) in [6.07, 6.45) is 3.06. The molecule has 0 saturated heterocycles. The number of nitrogens with zero attached hydrogens (tertiary/aromatic N) is 1. The molecule has 3 aromatic rings. The van der Waals surface area contributed by atoms with Crippen molar-refractivity contribution < 1.29 is 13.2 Å². The molecular formula is C20H17ClN2O3S. The Bertz CT molecular complexity index is 1010. The van der Waals surface area contributed by atoms with Crippen LogP contribution in [0.1, 0.15) is 21.2 Å². The van der Waals surface area contributed by atoms with Crippen LogP contribution in [0.2, 0.25) is 5.02 Å². The predicted octanol–water partition coefficient (Wildman–Crippen LogP) is 3.68. The van der Waals surface area contributed by atoms with E-state index in [9.17, 15) is 13.2 Å². The standard InChI is InChI=1S/C20H17ClN2O3S/c21-17-8-10-18(11-9-17)27(25,26)19(16-7-4-12-22-13-16)14-23-20(24)15-5-2-1-3-6-15/h1-13,19H,14H2,(H,23,24). The average molecular weight is 401 g/mol. The molecule has 1 aromatic heterocycles. The van der Waals surface area contributed by atoms with Crippen LogP contribution in [0, 0.1) is 0 Å². The predicted molar refractivity (Wildman–Crippen MR) is 104 cm³/mol.